The molecule has 1 aliphatic heterocycles. The van der Waals surface area contributed by atoms with Crippen LogP contribution in [0.15, 0.2) is 36.5 Å². The van der Waals surface area contributed by atoms with Gasteiger partial charge in [0.2, 0.25) is 0 Å². The quantitative estimate of drug-likeness (QED) is 0.618. The van der Waals surface area contributed by atoms with Gasteiger partial charge in [0.25, 0.3) is 0 Å². The van der Waals surface area contributed by atoms with Gasteiger partial charge in [-0.3, -0.25) is 9.88 Å². The first kappa shape index (κ1) is 20.1. The molecule has 1 N–H and O–H groups in total. The van der Waals surface area contributed by atoms with Crippen molar-refractivity contribution in [2.75, 3.05) is 33.3 Å². The monoisotopic (exact) mass is 411 g/mol. The molecule has 1 saturated heterocycles. The Labute approximate surface area is 175 Å². The van der Waals surface area contributed by atoms with Crippen LogP contribution in [-0.2, 0) is 9.53 Å². The maximum atomic E-state index is 12.6. The van der Waals surface area contributed by atoms with Crippen LogP contribution in [0.3, 0.4) is 0 Å². The lowest BCUT2D eigenvalue weighted by atomic mass is 9.84. The van der Waals surface area contributed by atoms with Crippen LogP contribution in [0.2, 0.25) is 11.8 Å². The molecule has 0 spiro atoms. The van der Waals surface area contributed by atoms with Crippen molar-refractivity contribution in [3.63, 3.8) is 0 Å². The van der Waals surface area contributed by atoms with Crippen molar-refractivity contribution in [2.24, 2.45) is 0 Å². The van der Waals surface area contributed by atoms with Gasteiger partial charge in [-0.25, -0.2) is 4.79 Å². The summed E-state index contributed by atoms with van der Waals surface area (Å²) in [7, 11) is 0.922. The minimum absolute atomic E-state index is 0.118. The number of benzene rings is 1. The van der Waals surface area contributed by atoms with E-state index in [1.165, 1.54) is 7.11 Å². The first-order chi connectivity index (χ1) is 14.0. The van der Waals surface area contributed by atoms with E-state index in [4.69, 9.17) is 21.3 Å². The zero-order valence-corrected chi connectivity index (χ0v) is 17.3. The summed E-state index contributed by atoms with van der Waals surface area (Å²) in [4.78, 5) is 21.7. The van der Waals surface area contributed by atoms with Crippen LogP contribution >= 0.6 is 11.6 Å². The van der Waals surface area contributed by atoms with E-state index < -0.39 is 13.0 Å². The molecule has 1 aromatic heterocycles. The Morgan fingerprint density at radius 2 is 2.03 bits per heavy atom. The zero-order chi connectivity index (χ0) is 20.5. The standard InChI is InChI=1S/C21H23BClN3O3/c1-22(28)26-10-8-25(9-11-26)20-16-6-5-15(23)13-17(16)18(21(27)29-2)12-14-4-3-7-24-19(14)20/h3-7,12-13,20,28H,8-11H2,1-2H3. The first-order valence-electron chi connectivity index (χ1n) is 9.70. The fourth-order valence-corrected chi connectivity index (χ4v) is 4.35. The number of carbonyl (C=O) groups is 1. The maximum absolute atomic E-state index is 12.6. The lowest BCUT2D eigenvalue weighted by Crippen LogP contribution is -2.52. The summed E-state index contributed by atoms with van der Waals surface area (Å²) in [6, 6.07) is 9.37. The Hall–Kier alpha value is -2.19. The van der Waals surface area contributed by atoms with E-state index in [1.807, 2.05) is 41.2 Å². The first-order valence-corrected chi connectivity index (χ1v) is 10.1. The Balaban J connectivity index is 1.84. The van der Waals surface area contributed by atoms with Gasteiger partial charge in [0, 0.05) is 37.4 Å². The molecule has 1 aliphatic carbocycles. The van der Waals surface area contributed by atoms with Gasteiger partial charge in [-0.05, 0) is 47.8 Å². The zero-order valence-electron chi connectivity index (χ0n) is 16.5. The number of piperazine rings is 1. The van der Waals surface area contributed by atoms with Crippen LogP contribution in [0.4, 0.5) is 0 Å². The smallest absolute Gasteiger partial charge is 0.376 e. The second kappa shape index (κ2) is 8.28. The summed E-state index contributed by atoms with van der Waals surface area (Å²) in [5.41, 5.74) is 4.02. The van der Waals surface area contributed by atoms with Gasteiger partial charge in [0.1, 0.15) is 0 Å². The average Bonchev–Trinajstić information content (AvgIpc) is 2.87. The largest absolute Gasteiger partial charge is 0.465 e. The highest BCUT2D eigenvalue weighted by Crippen LogP contribution is 2.40. The third kappa shape index (κ3) is 3.83. The Morgan fingerprint density at radius 3 is 2.72 bits per heavy atom. The number of rotatable bonds is 3. The van der Waals surface area contributed by atoms with Crippen LogP contribution in [0, 0.1) is 0 Å². The van der Waals surface area contributed by atoms with Crippen molar-refractivity contribution in [3.05, 3.63) is 63.9 Å². The van der Waals surface area contributed by atoms with Crippen molar-refractivity contribution >= 4 is 36.3 Å². The fraction of sp³-hybridized carbons (Fsp3) is 0.333. The van der Waals surface area contributed by atoms with Crippen molar-refractivity contribution in [1.82, 2.24) is 14.7 Å². The third-order valence-corrected chi connectivity index (χ3v) is 5.91. The summed E-state index contributed by atoms with van der Waals surface area (Å²) >= 11 is 6.30. The van der Waals surface area contributed by atoms with Gasteiger partial charge in [0.15, 0.2) is 0 Å². The average molecular weight is 412 g/mol. The molecule has 2 aromatic rings. The van der Waals surface area contributed by atoms with Crippen molar-refractivity contribution in [2.45, 2.75) is 12.9 Å². The number of esters is 1. The molecule has 150 valence electrons. The van der Waals surface area contributed by atoms with Crippen molar-refractivity contribution < 1.29 is 14.6 Å². The third-order valence-electron chi connectivity index (χ3n) is 5.68. The molecular formula is C21H23BClN3O3. The summed E-state index contributed by atoms with van der Waals surface area (Å²) < 4.78 is 5.06. The van der Waals surface area contributed by atoms with E-state index in [0.29, 0.717) is 10.6 Å². The predicted molar refractivity (Wildman–Crippen MR) is 114 cm³/mol. The van der Waals surface area contributed by atoms with E-state index in [9.17, 15) is 9.82 Å². The maximum Gasteiger partial charge on any atom is 0.376 e. The molecule has 1 atom stereocenters. The number of hydrogen-bond acceptors (Lipinski definition) is 6. The van der Waals surface area contributed by atoms with Gasteiger partial charge in [-0.2, -0.15) is 0 Å². The van der Waals surface area contributed by atoms with E-state index in [0.717, 1.165) is 48.6 Å². The lowest BCUT2D eigenvalue weighted by Gasteiger charge is -2.40. The molecule has 1 aromatic carbocycles. The van der Waals surface area contributed by atoms with E-state index in [-0.39, 0.29) is 6.04 Å². The van der Waals surface area contributed by atoms with Gasteiger partial charge in [-0.1, -0.05) is 23.7 Å². The molecule has 0 bridgehead atoms. The number of pyridine rings is 1. The number of fused-ring (bicyclic) bond motifs is 2. The highest BCUT2D eigenvalue weighted by Gasteiger charge is 2.34. The molecule has 29 heavy (non-hydrogen) atoms. The number of aromatic nitrogens is 1. The van der Waals surface area contributed by atoms with Crippen LogP contribution in [-0.4, -0.2) is 66.0 Å². The minimum atomic E-state index is -0.463. The number of carbonyl (C=O) groups excluding carboxylic acids is 1. The molecule has 8 heteroatoms. The molecule has 0 saturated carbocycles. The van der Waals surface area contributed by atoms with E-state index in [2.05, 4.69) is 4.90 Å². The molecule has 0 amide bonds. The highest BCUT2D eigenvalue weighted by molar-refractivity contribution is 6.45. The van der Waals surface area contributed by atoms with Gasteiger partial charge >= 0.3 is 13.0 Å². The van der Waals surface area contributed by atoms with Gasteiger partial charge < -0.3 is 14.6 Å². The normalized spacial score (nSPS) is 19.6. The SMILES string of the molecule is COC(=O)C1=Cc2cccnc2C(N2CCN(B(C)O)CC2)c2ccc(Cl)cc21. The minimum Gasteiger partial charge on any atom is -0.465 e. The number of halogens is 1. The van der Waals surface area contributed by atoms with E-state index in [1.54, 1.807) is 13.0 Å². The number of nitrogens with zero attached hydrogens (tertiary/aromatic N) is 3. The highest BCUT2D eigenvalue weighted by atomic mass is 35.5. The summed E-state index contributed by atoms with van der Waals surface area (Å²) in [5, 5.41) is 10.5. The predicted octanol–water partition coefficient (Wildman–Crippen LogP) is 2.58. The van der Waals surface area contributed by atoms with Gasteiger partial charge in [0.05, 0.1) is 24.4 Å². The fourth-order valence-electron chi connectivity index (χ4n) is 4.18. The molecule has 6 nitrogen and oxygen atoms in total. The molecule has 1 unspecified atom stereocenters. The molecule has 2 heterocycles. The van der Waals surface area contributed by atoms with Gasteiger partial charge in [-0.15, -0.1) is 0 Å². The Kier molecular flexibility index (Phi) is 5.74. The molecule has 4 rings (SSSR count). The second-order valence-corrected chi connectivity index (χ2v) is 7.80. The number of hydrogen-bond donors (Lipinski definition) is 1. The van der Waals surface area contributed by atoms with Crippen LogP contribution < -0.4 is 0 Å². The Bertz CT molecular complexity index is 958. The van der Waals surface area contributed by atoms with E-state index >= 15 is 0 Å². The second-order valence-electron chi connectivity index (χ2n) is 7.37. The summed E-state index contributed by atoms with van der Waals surface area (Å²) in [6.07, 6.45) is 3.62. The summed E-state index contributed by atoms with van der Waals surface area (Å²) in [6.45, 7) is 4.87. The lowest BCUT2D eigenvalue weighted by molar-refractivity contribution is -0.133. The topological polar surface area (TPSA) is 65.9 Å². The number of ether oxygens (including phenoxy) is 1. The van der Waals surface area contributed by atoms with Crippen LogP contribution in [0.25, 0.3) is 11.6 Å². The van der Waals surface area contributed by atoms with Crippen molar-refractivity contribution in [1.29, 1.82) is 0 Å². The molecule has 0 radical (unpaired) electrons. The summed E-state index contributed by atoms with van der Waals surface area (Å²) in [5.74, 6) is -0.400. The molecule has 1 fully saturated rings. The Morgan fingerprint density at radius 1 is 1.28 bits per heavy atom. The molecule has 2 aliphatic rings. The van der Waals surface area contributed by atoms with Crippen LogP contribution in [0.5, 0.6) is 0 Å². The number of methoxy groups -OCH3 is 1. The molecular weight excluding hydrogens is 389 g/mol. The van der Waals surface area contributed by atoms with Crippen LogP contribution in [0.1, 0.15) is 28.4 Å². The van der Waals surface area contributed by atoms with Crippen molar-refractivity contribution in [3.8, 4) is 0 Å².